The van der Waals surface area contributed by atoms with Crippen LogP contribution in [0.3, 0.4) is 0 Å². The van der Waals surface area contributed by atoms with Crippen molar-refractivity contribution in [2.75, 3.05) is 9.80 Å². The first-order valence-electron chi connectivity index (χ1n) is 28.6. The van der Waals surface area contributed by atoms with Crippen molar-refractivity contribution in [1.29, 1.82) is 0 Å². The molecule has 0 atom stereocenters. The molecule has 3 aliphatic heterocycles. The number of rotatable bonds is 3. The highest BCUT2D eigenvalue weighted by atomic mass is 16.5. The first-order valence-corrected chi connectivity index (χ1v) is 28.6. The van der Waals surface area contributed by atoms with Crippen molar-refractivity contribution in [1.82, 2.24) is 0 Å². The van der Waals surface area contributed by atoms with E-state index in [4.69, 9.17) is 11.3 Å². The maximum absolute atomic E-state index is 7.60. The molecule has 0 unspecified atom stereocenters. The maximum atomic E-state index is 7.60. The zero-order valence-electron chi connectivity index (χ0n) is 49.6. The summed E-state index contributed by atoms with van der Waals surface area (Å²) in [5.74, 6) is 1.55. The molecule has 3 heterocycles. The lowest BCUT2D eigenvalue weighted by atomic mass is 9.32. The van der Waals surface area contributed by atoms with Crippen molar-refractivity contribution in [3.8, 4) is 11.1 Å². The number of aryl methyl sites for hydroxylation is 1. The fourth-order valence-electron chi connectivity index (χ4n) is 14.2. The van der Waals surface area contributed by atoms with Crippen LogP contribution in [-0.2, 0) is 37.2 Å². The largest absolute Gasteiger partial charge is 0.442 e. The van der Waals surface area contributed by atoms with Crippen LogP contribution < -0.4 is 20.7 Å². The zero-order valence-corrected chi connectivity index (χ0v) is 49.6. The Hall–Kier alpha value is -5.48. The first-order chi connectivity index (χ1) is 34.7. The van der Waals surface area contributed by atoms with Crippen LogP contribution in [0.25, 0.3) is 11.1 Å². The number of anilines is 5. The van der Waals surface area contributed by atoms with Crippen molar-refractivity contribution in [3.05, 3.63) is 171 Å². The second-order valence-corrected chi connectivity index (χ2v) is 30.0. The van der Waals surface area contributed by atoms with Gasteiger partial charge in [-0.3, -0.25) is 4.90 Å². The molecule has 5 aromatic rings. The van der Waals surface area contributed by atoms with E-state index < -0.39 is 0 Å². The fraction of sp³-hybridized carbons (Fsp3) is 0.465. The van der Waals surface area contributed by atoms with E-state index in [9.17, 15) is 0 Å². The molecule has 6 aliphatic rings. The predicted octanol–water partition coefficient (Wildman–Crippen LogP) is 18.5. The van der Waals surface area contributed by atoms with Crippen LogP contribution in [0.15, 0.2) is 132 Å². The van der Waals surface area contributed by atoms with Gasteiger partial charge in [0.25, 0.3) is 6.71 Å². The zero-order chi connectivity index (χ0) is 54.1. The SMILES string of the molecule is C=C1/C=C2\C(=C/C3=C(O1)N(c1ccc4c(c1)C(C)(C)CCC4(C)C)c1cc(-c4cc5c(cc4C)C(C)(C)CCC5(C)C)cc4c1B3c1cc(C(C)(C)C)ccc1N4c1ccc(C(C)(C)C)cc1)C(C)(C)CCC2(C)C. The molecular formula is C71H87BN2O. The van der Waals surface area contributed by atoms with Gasteiger partial charge in [-0.2, -0.15) is 0 Å². The van der Waals surface area contributed by atoms with Crippen molar-refractivity contribution in [2.45, 2.75) is 203 Å². The van der Waals surface area contributed by atoms with E-state index in [2.05, 4.69) is 238 Å². The molecule has 390 valence electrons. The molecule has 1 saturated carbocycles. The van der Waals surface area contributed by atoms with Crippen LogP contribution in [-0.4, -0.2) is 6.71 Å². The van der Waals surface area contributed by atoms with E-state index in [1.165, 1.54) is 101 Å². The van der Waals surface area contributed by atoms with E-state index in [0.717, 1.165) is 49.4 Å². The van der Waals surface area contributed by atoms with Gasteiger partial charge in [0.1, 0.15) is 5.76 Å². The second kappa shape index (κ2) is 16.5. The van der Waals surface area contributed by atoms with Gasteiger partial charge in [0.2, 0.25) is 0 Å². The van der Waals surface area contributed by atoms with E-state index in [1.807, 2.05) is 0 Å². The molecule has 75 heavy (non-hydrogen) atoms. The Morgan fingerprint density at radius 3 is 1.53 bits per heavy atom. The van der Waals surface area contributed by atoms with Gasteiger partial charge >= 0.3 is 0 Å². The molecule has 0 N–H and O–H groups in total. The molecule has 11 rings (SSSR count). The molecule has 0 aromatic heterocycles. The van der Waals surface area contributed by atoms with Gasteiger partial charge in [0.05, 0.1) is 0 Å². The van der Waals surface area contributed by atoms with Crippen molar-refractivity contribution >= 4 is 46.1 Å². The minimum Gasteiger partial charge on any atom is -0.442 e. The number of fused-ring (bicyclic) bond motifs is 6. The predicted molar refractivity (Wildman–Crippen MR) is 323 cm³/mol. The Labute approximate surface area is 453 Å². The van der Waals surface area contributed by atoms with E-state index in [1.54, 1.807) is 0 Å². The first kappa shape index (κ1) is 51.6. The normalized spacial score (nSPS) is 22.9. The minimum atomic E-state index is -0.143. The molecule has 5 aromatic carbocycles. The third-order valence-electron chi connectivity index (χ3n) is 19.7. The number of allylic oxidation sites excluding steroid dienone is 5. The summed E-state index contributed by atoms with van der Waals surface area (Å²) in [6.45, 7) is 50.4. The Kier molecular flexibility index (Phi) is 11.4. The van der Waals surface area contributed by atoms with Gasteiger partial charge in [-0.05, 0) is 215 Å². The Morgan fingerprint density at radius 1 is 0.480 bits per heavy atom. The number of hydrogen-bond acceptors (Lipinski definition) is 3. The van der Waals surface area contributed by atoms with Crippen molar-refractivity contribution < 1.29 is 4.74 Å². The lowest BCUT2D eigenvalue weighted by molar-refractivity contribution is 0.254. The van der Waals surface area contributed by atoms with Crippen LogP contribution in [0.4, 0.5) is 28.4 Å². The summed E-state index contributed by atoms with van der Waals surface area (Å²) in [6.07, 6.45) is 11.8. The molecule has 4 heteroatoms. The molecule has 0 amide bonds. The van der Waals surface area contributed by atoms with E-state index in [0.29, 0.717) is 5.76 Å². The quantitative estimate of drug-likeness (QED) is 0.168. The second-order valence-electron chi connectivity index (χ2n) is 30.0. The van der Waals surface area contributed by atoms with Crippen LogP contribution in [0.5, 0.6) is 0 Å². The number of benzene rings is 5. The third-order valence-corrected chi connectivity index (χ3v) is 19.7. The summed E-state index contributed by atoms with van der Waals surface area (Å²) in [5.41, 5.74) is 24.8. The van der Waals surface area contributed by atoms with Gasteiger partial charge in [-0.1, -0.05) is 180 Å². The number of ether oxygens (including phenoxy) is 1. The smallest absolute Gasteiger partial charge is 0.256 e. The van der Waals surface area contributed by atoms with Crippen LogP contribution in [0, 0.1) is 17.8 Å². The van der Waals surface area contributed by atoms with Crippen LogP contribution >= 0.6 is 0 Å². The van der Waals surface area contributed by atoms with Gasteiger partial charge in [-0.25, -0.2) is 0 Å². The van der Waals surface area contributed by atoms with Gasteiger partial charge in [0, 0.05) is 28.4 Å². The highest BCUT2D eigenvalue weighted by Crippen LogP contribution is 2.57. The average molecular weight is 995 g/mol. The molecular weight excluding hydrogens is 908 g/mol. The number of nitrogens with zero attached hydrogens (tertiary/aromatic N) is 2. The van der Waals surface area contributed by atoms with E-state index >= 15 is 0 Å². The number of hydrogen-bond donors (Lipinski definition) is 0. The lowest BCUT2D eigenvalue weighted by Crippen LogP contribution is -2.56. The fourth-order valence-corrected chi connectivity index (χ4v) is 14.2. The molecule has 3 nitrogen and oxygen atoms in total. The summed E-state index contributed by atoms with van der Waals surface area (Å²) in [7, 11) is 0. The monoisotopic (exact) mass is 995 g/mol. The Bertz CT molecular complexity index is 3350. The van der Waals surface area contributed by atoms with Crippen molar-refractivity contribution in [3.63, 3.8) is 0 Å². The summed E-state index contributed by atoms with van der Waals surface area (Å²) in [4.78, 5) is 5.15. The average Bonchev–Trinajstić information content (AvgIpc) is 3.39. The molecule has 0 saturated heterocycles. The highest BCUT2D eigenvalue weighted by molar-refractivity contribution is 6.95. The molecule has 1 fully saturated rings. The summed E-state index contributed by atoms with van der Waals surface area (Å²) in [5, 5.41) is 0. The standard InChI is InChI=1S/C71H87BN2O/c1-43-35-52-55(70(17,18)33-31-67(52,11)12)41-50(43)45-37-60-62-61(38-45)74(49-26-27-51-54(40-49)69(15,16)30-29-66(51,9)10)63-58(42-56-53(36-44(2)75-63)68(13,14)32-34-71(56,19)20)72(62)57-39-47(65(6,7)8)23-28-59(57)73(60)48-24-21-46(22-25-48)64(3,4)5/h21-28,35-42H,2,29-34H2,1,3-20H3/b53-36+,56-42+. The van der Waals surface area contributed by atoms with Crippen LogP contribution in [0.2, 0.25) is 0 Å². The van der Waals surface area contributed by atoms with Gasteiger partial charge in [0.15, 0.2) is 5.88 Å². The molecule has 0 spiro atoms. The van der Waals surface area contributed by atoms with Gasteiger partial charge in [-0.15, -0.1) is 0 Å². The minimum absolute atomic E-state index is 0.000479. The summed E-state index contributed by atoms with van der Waals surface area (Å²) in [6, 6.07) is 34.5. The molecule has 0 bridgehead atoms. The lowest BCUT2D eigenvalue weighted by Gasteiger charge is -2.48. The van der Waals surface area contributed by atoms with Crippen molar-refractivity contribution in [2.24, 2.45) is 10.8 Å². The summed E-state index contributed by atoms with van der Waals surface area (Å²) >= 11 is 0. The van der Waals surface area contributed by atoms with E-state index in [-0.39, 0.29) is 50.0 Å². The third kappa shape index (κ3) is 8.27. The van der Waals surface area contributed by atoms with Crippen LogP contribution in [0.1, 0.15) is 202 Å². The Balaban J connectivity index is 1.31. The maximum Gasteiger partial charge on any atom is 0.256 e. The highest BCUT2D eigenvalue weighted by Gasteiger charge is 2.50. The Morgan fingerprint density at radius 2 is 0.960 bits per heavy atom. The topological polar surface area (TPSA) is 15.7 Å². The van der Waals surface area contributed by atoms with Gasteiger partial charge < -0.3 is 9.64 Å². The molecule has 0 radical (unpaired) electrons. The molecule has 3 aliphatic carbocycles. The summed E-state index contributed by atoms with van der Waals surface area (Å²) < 4.78 is 7.60.